The lowest BCUT2D eigenvalue weighted by Gasteiger charge is -2.29. The minimum absolute atomic E-state index is 0.146. The minimum atomic E-state index is -5.37. The molecule has 6 N–H and O–H groups in total. The third-order valence-electron chi connectivity index (χ3n) is 2.60. The number of nitrogens with zero attached hydrogens (tertiary/aromatic N) is 1. The lowest BCUT2D eigenvalue weighted by atomic mass is 10.2. The lowest BCUT2D eigenvalue weighted by Crippen LogP contribution is -2.34. The summed E-state index contributed by atoms with van der Waals surface area (Å²) in [5, 5.41) is 9.07. The highest BCUT2D eigenvalue weighted by Gasteiger charge is 2.58. The highest BCUT2D eigenvalue weighted by atomic mass is 31.2. The van der Waals surface area contributed by atoms with Gasteiger partial charge in [-0.3, -0.25) is 14.1 Å². The Kier molecular flexibility index (Phi) is 4.72. The van der Waals surface area contributed by atoms with Gasteiger partial charge in [-0.25, -0.2) is 0 Å². The van der Waals surface area contributed by atoms with Gasteiger partial charge in [0, 0.05) is 25.9 Å². The van der Waals surface area contributed by atoms with E-state index in [2.05, 4.69) is 10.3 Å². The Morgan fingerprint density at radius 3 is 2.17 bits per heavy atom. The number of rotatable bonds is 5. The van der Waals surface area contributed by atoms with Gasteiger partial charge < -0.3 is 30.0 Å². The summed E-state index contributed by atoms with van der Waals surface area (Å²) in [4.78, 5) is 39.6. The van der Waals surface area contributed by atoms with E-state index in [9.17, 15) is 14.2 Å². The van der Waals surface area contributed by atoms with E-state index in [1.807, 2.05) is 0 Å². The molecule has 0 radical (unpaired) electrons. The van der Waals surface area contributed by atoms with Crippen LogP contribution < -0.4 is 5.32 Å². The van der Waals surface area contributed by atoms with Crippen LogP contribution in [0, 0.1) is 0 Å². The van der Waals surface area contributed by atoms with Gasteiger partial charge in [-0.15, -0.1) is 0 Å². The molecule has 0 aromatic carbocycles. The maximum atomic E-state index is 11.1. The Morgan fingerprint density at radius 2 is 1.78 bits per heavy atom. The molecule has 0 saturated carbocycles. The van der Waals surface area contributed by atoms with Crippen LogP contribution in [0.2, 0.25) is 0 Å². The maximum absolute atomic E-state index is 11.1. The molecule has 0 aromatic rings. The van der Waals surface area contributed by atoms with E-state index in [0.29, 0.717) is 18.9 Å². The van der Waals surface area contributed by atoms with Gasteiger partial charge in [0.1, 0.15) is 0 Å². The second kappa shape index (κ2) is 5.38. The molecule has 1 heterocycles. The Balaban J connectivity index is 2.84. The van der Waals surface area contributed by atoms with Crippen molar-refractivity contribution >= 4 is 21.0 Å². The average molecular weight is 302 g/mol. The van der Waals surface area contributed by atoms with Crippen molar-refractivity contribution in [3.05, 3.63) is 0 Å². The Labute approximate surface area is 103 Å². The van der Waals surface area contributed by atoms with E-state index in [0.717, 1.165) is 6.42 Å². The molecule has 0 spiro atoms. The van der Waals surface area contributed by atoms with Crippen LogP contribution in [0.15, 0.2) is 4.99 Å². The molecule has 1 aliphatic heterocycles. The number of aliphatic imine (C=N–C) groups is 1. The summed E-state index contributed by atoms with van der Waals surface area (Å²) in [7, 11) is -10.7. The number of hydrogen-bond acceptors (Lipinski definition) is 5. The van der Waals surface area contributed by atoms with Crippen molar-refractivity contribution in [2.24, 2.45) is 4.99 Å². The van der Waals surface area contributed by atoms with Gasteiger partial charge in [-0.1, -0.05) is 0 Å². The zero-order chi connectivity index (χ0) is 14.0. The SMILES string of the molecule is O=P(O)(O)C(O)(CCC1=NCCCN1)P(=O)(O)O. The molecule has 0 unspecified atom stereocenters. The van der Waals surface area contributed by atoms with Crippen LogP contribution in [0.25, 0.3) is 0 Å². The summed E-state index contributed by atoms with van der Waals surface area (Å²) in [6.07, 6.45) is -0.106. The molecule has 9 nitrogen and oxygen atoms in total. The predicted octanol–water partition coefficient (Wildman–Crippen LogP) is -0.840. The molecule has 0 amide bonds. The van der Waals surface area contributed by atoms with Crippen molar-refractivity contribution < 1.29 is 33.8 Å². The first-order valence-electron chi connectivity index (χ1n) is 5.19. The van der Waals surface area contributed by atoms with E-state index < -0.39 is 26.7 Å². The second-order valence-electron chi connectivity index (χ2n) is 3.97. The minimum Gasteiger partial charge on any atom is -0.374 e. The van der Waals surface area contributed by atoms with Gasteiger partial charge in [0.05, 0.1) is 5.84 Å². The van der Waals surface area contributed by atoms with E-state index >= 15 is 0 Å². The van der Waals surface area contributed by atoms with Crippen LogP contribution >= 0.6 is 15.2 Å². The molecule has 0 aliphatic carbocycles. The molecule has 0 fully saturated rings. The van der Waals surface area contributed by atoms with Crippen LogP contribution in [-0.2, 0) is 9.13 Å². The van der Waals surface area contributed by atoms with Gasteiger partial charge in [-0.2, -0.15) is 0 Å². The zero-order valence-electron chi connectivity index (χ0n) is 9.43. The van der Waals surface area contributed by atoms with Gasteiger partial charge in [0.25, 0.3) is 5.08 Å². The fourth-order valence-corrected chi connectivity index (χ4v) is 3.66. The summed E-state index contributed by atoms with van der Waals surface area (Å²) < 4.78 is 22.1. The van der Waals surface area contributed by atoms with Crippen molar-refractivity contribution in [2.75, 3.05) is 13.1 Å². The fraction of sp³-hybridized carbons (Fsp3) is 0.857. The monoisotopic (exact) mass is 302 g/mol. The standard InChI is InChI=1S/C7H16N2O7P2/c10-7(17(11,12)13,18(14,15)16)3-2-6-8-4-1-5-9-6/h10H,1-5H2,(H,8,9)(H2,11,12,13)(H2,14,15,16). The third-order valence-corrected chi connectivity index (χ3v) is 6.47. The zero-order valence-corrected chi connectivity index (χ0v) is 11.2. The second-order valence-corrected chi connectivity index (χ2v) is 7.98. The highest BCUT2D eigenvalue weighted by Crippen LogP contribution is 2.69. The first kappa shape index (κ1) is 15.8. The molecule has 0 atom stereocenters. The topological polar surface area (TPSA) is 160 Å². The summed E-state index contributed by atoms with van der Waals surface area (Å²) in [6, 6.07) is 0. The molecular formula is C7H16N2O7P2. The number of nitrogens with one attached hydrogen (secondary N) is 1. The number of hydrogen-bond donors (Lipinski definition) is 6. The summed E-state index contributed by atoms with van der Waals surface area (Å²) in [6.45, 7) is 1.16. The van der Waals surface area contributed by atoms with Crippen LogP contribution in [0.4, 0.5) is 0 Å². The molecule has 0 bridgehead atoms. The first-order chi connectivity index (χ1) is 8.08. The summed E-state index contributed by atoms with van der Waals surface area (Å²) in [5.41, 5.74) is 0. The van der Waals surface area contributed by atoms with Crippen LogP contribution in [0.3, 0.4) is 0 Å². The van der Waals surface area contributed by atoms with Crippen molar-refractivity contribution in [2.45, 2.75) is 24.3 Å². The first-order valence-corrected chi connectivity index (χ1v) is 8.41. The van der Waals surface area contributed by atoms with Crippen LogP contribution in [-0.4, -0.2) is 48.7 Å². The lowest BCUT2D eigenvalue weighted by molar-refractivity contribution is 0.124. The molecule has 1 rings (SSSR count). The molecule has 0 aromatic heterocycles. The van der Waals surface area contributed by atoms with Gasteiger partial charge >= 0.3 is 15.2 Å². The van der Waals surface area contributed by atoms with Crippen molar-refractivity contribution in [1.82, 2.24) is 5.32 Å². The highest BCUT2D eigenvalue weighted by molar-refractivity contribution is 7.72. The predicted molar refractivity (Wildman–Crippen MR) is 63.2 cm³/mol. The molecule has 11 heteroatoms. The molecular weight excluding hydrogens is 286 g/mol. The Morgan fingerprint density at radius 1 is 1.22 bits per heavy atom. The average Bonchev–Trinajstić information content (AvgIpc) is 2.24. The van der Waals surface area contributed by atoms with Crippen LogP contribution in [0.1, 0.15) is 19.3 Å². The van der Waals surface area contributed by atoms with E-state index in [1.54, 1.807) is 0 Å². The number of aliphatic hydroxyl groups is 1. The Hall–Kier alpha value is -0.270. The Bertz CT molecular complexity index is 404. The molecule has 18 heavy (non-hydrogen) atoms. The summed E-state index contributed by atoms with van der Waals surface area (Å²) >= 11 is 0. The number of amidine groups is 1. The smallest absolute Gasteiger partial charge is 0.369 e. The molecule has 106 valence electrons. The quantitative estimate of drug-likeness (QED) is 0.358. The van der Waals surface area contributed by atoms with Gasteiger partial charge in [0.2, 0.25) is 0 Å². The largest absolute Gasteiger partial charge is 0.374 e. The third kappa shape index (κ3) is 3.39. The van der Waals surface area contributed by atoms with E-state index in [-0.39, 0.29) is 6.42 Å². The maximum Gasteiger partial charge on any atom is 0.369 e. The van der Waals surface area contributed by atoms with Gasteiger partial charge in [0.15, 0.2) is 0 Å². The summed E-state index contributed by atoms with van der Waals surface area (Å²) in [5.74, 6) is 0.376. The normalized spacial score (nSPS) is 18.2. The fourth-order valence-electron chi connectivity index (χ4n) is 1.50. The van der Waals surface area contributed by atoms with Crippen molar-refractivity contribution in [3.8, 4) is 0 Å². The molecule has 1 aliphatic rings. The van der Waals surface area contributed by atoms with Crippen LogP contribution in [0.5, 0.6) is 0 Å². The van der Waals surface area contributed by atoms with Crippen molar-refractivity contribution in [3.63, 3.8) is 0 Å². The molecule has 0 saturated heterocycles. The van der Waals surface area contributed by atoms with Gasteiger partial charge in [-0.05, 0) is 6.42 Å². The van der Waals surface area contributed by atoms with E-state index in [1.165, 1.54) is 0 Å². The van der Waals surface area contributed by atoms with Crippen molar-refractivity contribution in [1.29, 1.82) is 0 Å². The van der Waals surface area contributed by atoms with E-state index in [4.69, 9.17) is 19.6 Å².